The van der Waals surface area contributed by atoms with E-state index in [0.717, 1.165) is 17.8 Å². The minimum atomic E-state index is 0.0769. The molecule has 1 N–H and O–H groups in total. The largest absolute Gasteiger partial charge is 0.392 e. The number of aliphatic hydroxyl groups is 1. The van der Waals surface area contributed by atoms with Gasteiger partial charge in [-0.2, -0.15) is 0 Å². The van der Waals surface area contributed by atoms with E-state index >= 15 is 0 Å². The van der Waals surface area contributed by atoms with Crippen LogP contribution >= 0.6 is 0 Å². The lowest BCUT2D eigenvalue weighted by atomic mass is 10.2. The number of nitrogens with zero attached hydrogens (tertiary/aromatic N) is 1. The summed E-state index contributed by atoms with van der Waals surface area (Å²) >= 11 is 0. The lowest BCUT2D eigenvalue weighted by Crippen LogP contribution is -2.23. The summed E-state index contributed by atoms with van der Waals surface area (Å²) in [7, 11) is 3.68. The summed E-state index contributed by atoms with van der Waals surface area (Å²) in [6.07, 6.45) is 0. The van der Waals surface area contributed by atoms with E-state index in [1.807, 2.05) is 31.3 Å². The molecule has 0 saturated heterocycles. The van der Waals surface area contributed by atoms with Crippen molar-refractivity contribution in [2.45, 2.75) is 6.61 Å². The maximum absolute atomic E-state index is 9.13. The molecule has 0 heterocycles. The van der Waals surface area contributed by atoms with Gasteiger partial charge in [-0.25, -0.2) is 0 Å². The van der Waals surface area contributed by atoms with E-state index in [4.69, 9.17) is 9.84 Å². The van der Waals surface area contributed by atoms with Gasteiger partial charge in [-0.1, -0.05) is 18.2 Å². The zero-order chi connectivity index (χ0) is 10.4. The van der Waals surface area contributed by atoms with E-state index in [1.54, 1.807) is 7.11 Å². The van der Waals surface area contributed by atoms with Crippen LogP contribution in [0.25, 0.3) is 0 Å². The lowest BCUT2D eigenvalue weighted by molar-refractivity contribution is 0.206. The van der Waals surface area contributed by atoms with Crippen molar-refractivity contribution in [3.8, 4) is 0 Å². The third-order valence-corrected chi connectivity index (χ3v) is 2.20. The van der Waals surface area contributed by atoms with Gasteiger partial charge < -0.3 is 14.7 Å². The first kappa shape index (κ1) is 11.0. The minimum absolute atomic E-state index is 0.0769. The van der Waals surface area contributed by atoms with Crippen LogP contribution in [-0.4, -0.2) is 32.4 Å². The summed E-state index contributed by atoms with van der Waals surface area (Å²) < 4.78 is 5.00. The second kappa shape index (κ2) is 5.62. The summed E-state index contributed by atoms with van der Waals surface area (Å²) in [5.74, 6) is 0. The molecular formula is C11H17NO2. The minimum Gasteiger partial charge on any atom is -0.392 e. The number of ether oxygens (including phenoxy) is 1. The molecule has 0 aromatic heterocycles. The lowest BCUT2D eigenvalue weighted by Gasteiger charge is -2.21. The molecule has 0 fully saturated rings. The van der Waals surface area contributed by atoms with Crippen molar-refractivity contribution >= 4 is 5.69 Å². The molecule has 0 bridgehead atoms. The molecule has 3 nitrogen and oxygen atoms in total. The van der Waals surface area contributed by atoms with Gasteiger partial charge in [0.25, 0.3) is 0 Å². The topological polar surface area (TPSA) is 32.7 Å². The summed E-state index contributed by atoms with van der Waals surface area (Å²) in [6, 6.07) is 7.83. The Balaban J connectivity index is 2.72. The van der Waals surface area contributed by atoms with Crippen LogP contribution in [0.15, 0.2) is 24.3 Å². The highest BCUT2D eigenvalue weighted by molar-refractivity contribution is 5.52. The van der Waals surface area contributed by atoms with Gasteiger partial charge in [0.15, 0.2) is 0 Å². The maximum atomic E-state index is 9.13. The molecule has 0 saturated carbocycles. The molecule has 1 aromatic carbocycles. The van der Waals surface area contributed by atoms with Crippen LogP contribution in [0.2, 0.25) is 0 Å². The Morgan fingerprint density at radius 2 is 2.07 bits per heavy atom. The van der Waals surface area contributed by atoms with Crippen molar-refractivity contribution < 1.29 is 9.84 Å². The Hall–Kier alpha value is -1.06. The molecule has 1 aromatic rings. The first-order valence-corrected chi connectivity index (χ1v) is 4.68. The van der Waals surface area contributed by atoms with E-state index in [1.165, 1.54) is 0 Å². The van der Waals surface area contributed by atoms with E-state index in [0.29, 0.717) is 6.61 Å². The van der Waals surface area contributed by atoms with Crippen molar-refractivity contribution in [2.24, 2.45) is 0 Å². The fourth-order valence-corrected chi connectivity index (χ4v) is 1.37. The van der Waals surface area contributed by atoms with Crippen molar-refractivity contribution in [1.82, 2.24) is 0 Å². The molecule has 14 heavy (non-hydrogen) atoms. The van der Waals surface area contributed by atoms with E-state index < -0.39 is 0 Å². The number of methoxy groups -OCH3 is 1. The van der Waals surface area contributed by atoms with Gasteiger partial charge in [0, 0.05) is 32.0 Å². The fraction of sp³-hybridized carbons (Fsp3) is 0.455. The highest BCUT2D eigenvalue weighted by atomic mass is 16.5. The van der Waals surface area contributed by atoms with Crippen LogP contribution < -0.4 is 4.90 Å². The molecule has 1 rings (SSSR count). The Bertz CT molecular complexity index is 276. The SMILES string of the molecule is COCCN(C)c1ccccc1CO. The molecule has 0 radical (unpaired) electrons. The van der Waals surface area contributed by atoms with Gasteiger partial charge in [-0.05, 0) is 6.07 Å². The molecule has 78 valence electrons. The Morgan fingerprint density at radius 3 is 2.71 bits per heavy atom. The third-order valence-electron chi connectivity index (χ3n) is 2.20. The molecule has 0 aliphatic heterocycles. The van der Waals surface area contributed by atoms with Crippen LogP contribution in [-0.2, 0) is 11.3 Å². The molecule has 3 heteroatoms. The number of aliphatic hydroxyl groups excluding tert-OH is 1. The predicted octanol–water partition coefficient (Wildman–Crippen LogP) is 1.26. The van der Waals surface area contributed by atoms with E-state index in [-0.39, 0.29) is 6.61 Å². The smallest absolute Gasteiger partial charge is 0.0702 e. The van der Waals surface area contributed by atoms with Gasteiger partial charge in [-0.3, -0.25) is 0 Å². The number of anilines is 1. The number of benzene rings is 1. The summed E-state index contributed by atoms with van der Waals surface area (Å²) in [6.45, 7) is 1.59. The second-order valence-corrected chi connectivity index (χ2v) is 3.20. The number of hydrogen-bond donors (Lipinski definition) is 1. The van der Waals surface area contributed by atoms with Crippen molar-refractivity contribution in [3.05, 3.63) is 29.8 Å². The summed E-state index contributed by atoms with van der Waals surface area (Å²) in [5, 5.41) is 9.13. The molecule has 0 atom stereocenters. The van der Waals surface area contributed by atoms with Crippen molar-refractivity contribution in [1.29, 1.82) is 0 Å². The van der Waals surface area contributed by atoms with Crippen LogP contribution in [0.5, 0.6) is 0 Å². The molecule has 0 amide bonds. The van der Waals surface area contributed by atoms with Crippen molar-refractivity contribution in [2.75, 3.05) is 32.2 Å². The number of rotatable bonds is 5. The molecule has 0 aliphatic carbocycles. The molecule has 0 spiro atoms. The van der Waals surface area contributed by atoms with Crippen LogP contribution in [0.1, 0.15) is 5.56 Å². The monoisotopic (exact) mass is 195 g/mol. The molecule has 0 aliphatic rings. The summed E-state index contributed by atoms with van der Waals surface area (Å²) in [4.78, 5) is 2.08. The summed E-state index contributed by atoms with van der Waals surface area (Å²) in [5.41, 5.74) is 2.01. The molecular weight excluding hydrogens is 178 g/mol. The average molecular weight is 195 g/mol. The number of para-hydroxylation sites is 1. The Morgan fingerprint density at radius 1 is 1.36 bits per heavy atom. The fourth-order valence-electron chi connectivity index (χ4n) is 1.37. The third kappa shape index (κ3) is 2.72. The van der Waals surface area contributed by atoms with Crippen LogP contribution in [0, 0.1) is 0 Å². The Kier molecular flexibility index (Phi) is 4.43. The zero-order valence-corrected chi connectivity index (χ0v) is 8.73. The first-order chi connectivity index (χ1) is 6.79. The van der Waals surface area contributed by atoms with Gasteiger partial charge in [0.2, 0.25) is 0 Å². The van der Waals surface area contributed by atoms with Gasteiger partial charge in [-0.15, -0.1) is 0 Å². The highest BCUT2D eigenvalue weighted by Gasteiger charge is 2.04. The average Bonchev–Trinajstić information content (AvgIpc) is 2.25. The van der Waals surface area contributed by atoms with E-state index in [9.17, 15) is 0 Å². The quantitative estimate of drug-likeness (QED) is 0.767. The standard InChI is InChI=1S/C11H17NO2/c1-12(7-8-14-2)11-6-4-3-5-10(11)9-13/h3-6,13H,7-9H2,1-2H3. The zero-order valence-electron chi connectivity index (χ0n) is 8.73. The highest BCUT2D eigenvalue weighted by Crippen LogP contribution is 2.18. The van der Waals surface area contributed by atoms with Crippen LogP contribution in [0.4, 0.5) is 5.69 Å². The van der Waals surface area contributed by atoms with Gasteiger partial charge >= 0.3 is 0 Å². The normalized spacial score (nSPS) is 10.2. The van der Waals surface area contributed by atoms with Gasteiger partial charge in [0.1, 0.15) is 0 Å². The Labute approximate surface area is 84.9 Å². The molecule has 0 unspecified atom stereocenters. The van der Waals surface area contributed by atoms with Crippen LogP contribution in [0.3, 0.4) is 0 Å². The van der Waals surface area contributed by atoms with Gasteiger partial charge in [0.05, 0.1) is 13.2 Å². The maximum Gasteiger partial charge on any atom is 0.0702 e. The first-order valence-electron chi connectivity index (χ1n) is 4.68. The number of likely N-dealkylation sites (N-methyl/N-ethyl adjacent to an activating group) is 1. The number of hydrogen-bond acceptors (Lipinski definition) is 3. The predicted molar refractivity (Wildman–Crippen MR) is 57.5 cm³/mol. The van der Waals surface area contributed by atoms with E-state index in [2.05, 4.69) is 4.90 Å². The second-order valence-electron chi connectivity index (χ2n) is 3.20. The van der Waals surface area contributed by atoms with Crippen molar-refractivity contribution in [3.63, 3.8) is 0 Å².